The summed E-state index contributed by atoms with van der Waals surface area (Å²) in [6.45, 7) is 43.0. The zero-order valence-electron chi connectivity index (χ0n) is 73.4. The van der Waals surface area contributed by atoms with Crippen molar-refractivity contribution in [3.8, 4) is 0 Å². The molecule has 0 fully saturated rings. The van der Waals surface area contributed by atoms with Crippen LogP contribution in [-0.2, 0) is 32.7 Å². The lowest BCUT2D eigenvalue weighted by Gasteiger charge is -2.16. The Labute approximate surface area is 695 Å². The second-order valence-corrected chi connectivity index (χ2v) is 31.8. The van der Waals surface area contributed by atoms with E-state index in [-0.39, 0.29) is 111 Å². The summed E-state index contributed by atoms with van der Waals surface area (Å²) in [5, 5.41) is 24.1. The highest BCUT2D eigenvalue weighted by Crippen LogP contribution is 2.29. The van der Waals surface area contributed by atoms with Crippen molar-refractivity contribution in [2.45, 2.75) is 228 Å². The number of rotatable bonds is 17. The molecule has 0 saturated heterocycles. The molecule has 654 valence electrons. The summed E-state index contributed by atoms with van der Waals surface area (Å²) in [5.41, 5.74) is 17.9. The van der Waals surface area contributed by atoms with Gasteiger partial charge < -0.3 is 104 Å². The number of aryl methyl sites for hydroxylation is 7. The van der Waals surface area contributed by atoms with Gasteiger partial charge in [-0.15, -0.1) is 0 Å². The Morgan fingerprint density at radius 2 is 0.678 bits per heavy atom. The first-order chi connectivity index (χ1) is 56.1. The van der Waals surface area contributed by atoms with E-state index in [0.717, 1.165) is 52.8 Å². The SMILES string of the molecule is C.Cc1nc2c(c(CN(C)C)cn2C(C)C)c(=O)[nH]1.Cc1nc2c(cc(CN(C)C)n2C(C)C)c(=O)[nH]1.Cc1nc2c(cc(CN)n2C(C)C)c(=O)[nH]1.Cc1nc2c(cc([N+](=O)[O-])n2C(C)C)c(=O)[nH]1.Cc1nc2c(nc(CN(C)C)n2C(C)C)c(=O)[nH]1.Cc1nc2c(nc(CN)n2C(C)C)c(=O)[nH]1.Cc1nc2c(nc([N+](=O)[O-])n2C(C)C)c(=O)[nH]1. The minimum absolute atomic E-state index is 0. The fourth-order valence-electron chi connectivity index (χ4n) is 13.9. The molecule has 14 aromatic heterocycles. The molecule has 14 rings (SSSR count). The van der Waals surface area contributed by atoms with Gasteiger partial charge in [-0.05, 0) is 215 Å². The standard InChI is InChI=1S/2C13H20N4O.C12H19N5O.C11H16N4O.C10H15N5O.C10H12N4O3.C9H11N5O3.CH4/c1-8(2)17-7-10(6-16(4)5)11-12(17)14-9(3)15-13(11)18;1-8(2)17-10(7-16(4)5)6-11-12(17)14-9(3)15-13(11)18;1-7(2)17-9(6-16(4)5)15-10-11(17)13-8(3)14-12(10)18;1-6(2)15-8(5-12)4-9-10(15)13-7(3)14-11(9)16;1-5(2)15-7(4-11)14-8-9(15)12-6(3)13-10(8)16;1-5(2)13-8(14(16)17)4-7-9(13)11-6(3)12-10(7)15;1-4(2)13-7-6(12-9(13)14(16)17)8(15)11-5(3)10-7;/h7-8H,6H2,1-5H3,(H,14,15,18);6,8H,7H2,1-5H3,(H,14,15,18);7H,6H2,1-5H3,(H,13,14,18);4,6H,5,12H2,1-3H3,(H,13,14,16);5H,4,11H2,1-3H3,(H,12,13,16);4-5H,1-3H3,(H,11,12,15);4H,1-3H3,(H,10,11,15);1H4. The number of aromatic nitrogens is 24. The molecule has 14 heterocycles. The van der Waals surface area contributed by atoms with E-state index in [1.54, 1.807) is 48.5 Å². The van der Waals surface area contributed by atoms with Crippen LogP contribution in [0.15, 0.2) is 58.0 Å². The fourth-order valence-corrected chi connectivity index (χ4v) is 13.9. The summed E-state index contributed by atoms with van der Waals surface area (Å²) < 4.78 is 12.9. The maximum absolute atomic E-state index is 12.1. The van der Waals surface area contributed by atoms with Gasteiger partial charge in [0.05, 0.1) is 47.4 Å². The van der Waals surface area contributed by atoms with Gasteiger partial charge in [0, 0.05) is 67.4 Å². The molecule has 121 heavy (non-hydrogen) atoms. The Morgan fingerprint density at radius 3 is 1.04 bits per heavy atom. The summed E-state index contributed by atoms with van der Waals surface area (Å²) in [6.07, 6.45) is 2.04. The molecule has 0 bridgehead atoms. The van der Waals surface area contributed by atoms with E-state index in [0.29, 0.717) is 110 Å². The number of hydrogen-bond acceptors (Lipinski definition) is 26. The van der Waals surface area contributed by atoms with Crippen LogP contribution in [0.1, 0.15) is 216 Å². The van der Waals surface area contributed by atoms with Gasteiger partial charge in [0.15, 0.2) is 22.3 Å². The maximum atomic E-state index is 12.1. The van der Waals surface area contributed by atoms with E-state index in [4.69, 9.17) is 11.5 Å². The molecule has 0 aliphatic carbocycles. The number of H-pyrrole nitrogens is 7. The van der Waals surface area contributed by atoms with E-state index in [9.17, 15) is 53.8 Å². The number of fused-ring (bicyclic) bond motifs is 7. The quantitative estimate of drug-likeness (QED) is 0.0303. The first-order valence-electron chi connectivity index (χ1n) is 39.1. The topological polar surface area (TPSA) is 541 Å². The van der Waals surface area contributed by atoms with Crippen molar-refractivity contribution < 1.29 is 9.85 Å². The van der Waals surface area contributed by atoms with Crippen LogP contribution in [0.4, 0.5) is 11.8 Å². The average Bonchev–Trinajstić information content (AvgIpc) is 1.61. The number of nitrogens with one attached hydrogen (secondary N) is 7. The van der Waals surface area contributed by atoms with E-state index in [2.05, 4.69) is 159 Å². The average molecular weight is 1680 g/mol. The molecule has 0 aromatic carbocycles. The van der Waals surface area contributed by atoms with Crippen LogP contribution in [0.3, 0.4) is 0 Å². The molecule has 0 amide bonds. The van der Waals surface area contributed by atoms with E-state index >= 15 is 0 Å². The van der Waals surface area contributed by atoms with Gasteiger partial charge in [-0.1, -0.05) is 12.4 Å². The number of hydrogen-bond donors (Lipinski definition) is 9. The third kappa shape index (κ3) is 21.5. The fraction of sp³-hybridized carbons (Fsp3) is 0.506. The van der Waals surface area contributed by atoms with Crippen molar-refractivity contribution in [1.29, 1.82) is 0 Å². The molecule has 0 atom stereocenters. The highest BCUT2D eigenvalue weighted by Gasteiger charge is 2.29. The molecule has 14 aromatic rings. The number of nitro groups is 2. The molecule has 0 aliphatic rings. The second-order valence-electron chi connectivity index (χ2n) is 31.8. The Bertz CT molecular complexity index is 6180. The lowest BCUT2D eigenvalue weighted by atomic mass is 10.2. The first-order valence-corrected chi connectivity index (χ1v) is 39.1. The van der Waals surface area contributed by atoms with Crippen LogP contribution in [0, 0.1) is 68.7 Å². The summed E-state index contributed by atoms with van der Waals surface area (Å²) in [4.78, 5) is 171. The van der Waals surface area contributed by atoms with Gasteiger partial charge in [-0.3, -0.25) is 33.6 Å². The minimum Gasteiger partial charge on any atom is -0.390 e. The minimum atomic E-state index is -0.615. The zero-order valence-corrected chi connectivity index (χ0v) is 73.4. The van der Waals surface area contributed by atoms with Crippen molar-refractivity contribution in [3.63, 3.8) is 0 Å². The monoisotopic (exact) mass is 1680 g/mol. The number of imidazole rings is 3. The van der Waals surface area contributed by atoms with Gasteiger partial charge in [0.2, 0.25) is 11.3 Å². The molecule has 0 radical (unpaired) electrons. The van der Waals surface area contributed by atoms with Crippen LogP contribution >= 0.6 is 0 Å². The highest BCUT2D eigenvalue weighted by atomic mass is 16.6. The number of nitrogens with two attached hydrogens (primary N) is 2. The van der Waals surface area contributed by atoms with Gasteiger partial charge in [-0.2, -0.15) is 9.97 Å². The number of nitrogens with zero attached hydrogens (tertiary/aromatic N) is 22. The first kappa shape index (κ1) is 95.5. The summed E-state index contributed by atoms with van der Waals surface area (Å²) in [7, 11) is 12.0. The van der Waals surface area contributed by atoms with Crippen molar-refractivity contribution in [1.82, 2.24) is 131 Å². The Balaban J connectivity index is 0.000000194. The van der Waals surface area contributed by atoms with E-state index in [1.807, 2.05) is 121 Å². The van der Waals surface area contributed by atoms with Crippen molar-refractivity contribution in [2.24, 2.45) is 11.5 Å². The van der Waals surface area contributed by atoms with Gasteiger partial charge in [-0.25, -0.2) is 44.0 Å². The molecule has 0 aliphatic heterocycles. The lowest BCUT2D eigenvalue weighted by Crippen LogP contribution is -2.17. The summed E-state index contributed by atoms with van der Waals surface area (Å²) in [6, 6.07) is 5.90. The molecule has 11 N–H and O–H groups in total. The molecule has 0 saturated carbocycles. The van der Waals surface area contributed by atoms with Crippen LogP contribution in [0.2, 0.25) is 0 Å². The van der Waals surface area contributed by atoms with E-state index < -0.39 is 15.4 Å². The van der Waals surface area contributed by atoms with Gasteiger partial charge in [0.1, 0.15) is 74.7 Å². The zero-order chi connectivity index (χ0) is 89.6. The van der Waals surface area contributed by atoms with Crippen molar-refractivity contribution in [2.75, 3.05) is 42.3 Å². The van der Waals surface area contributed by atoms with E-state index in [1.165, 1.54) is 15.2 Å². The summed E-state index contributed by atoms with van der Waals surface area (Å²) >= 11 is 0. The highest BCUT2D eigenvalue weighted by molar-refractivity contribution is 5.81. The molecule has 0 unspecified atom stereocenters. The third-order valence-corrected chi connectivity index (χ3v) is 18.4. The Morgan fingerprint density at radius 1 is 0.355 bits per heavy atom. The largest absolute Gasteiger partial charge is 0.437 e. The Hall–Kier alpha value is -12.7. The van der Waals surface area contributed by atoms with Gasteiger partial charge >= 0.3 is 11.8 Å². The van der Waals surface area contributed by atoms with Crippen molar-refractivity contribution >= 4 is 89.4 Å². The predicted octanol–water partition coefficient (Wildman–Crippen LogP) is 9.04. The lowest BCUT2D eigenvalue weighted by molar-refractivity contribution is -0.396. The molecule has 42 nitrogen and oxygen atoms in total. The van der Waals surface area contributed by atoms with Crippen molar-refractivity contribution in [3.05, 3.63) is 186 Å². The molecule has 42 heteroatoms. The smallest absolute Gasteiger partial charge is 0.390 e. The van der Waals surface area contributed by atoms with Gasteiger partial charge in [0.25, 0.3) is 44.4 Å². The second kappa shape index (κ2) is 39.5. The maximum Gasteiger partial charge on any atom is 0.437 e. The van der Waals surface area contributed by atoms with Crippen LogP contribution in [0.25, 0.3) is 77.6 Å². The van der Waals surface area contributed by atoms with Crippen LogP contribution in [0.5, 0.6) is 0 Å². The molecular weight excluding hydrogens is 1560 g/mol. The third-order valence-electron chi connectivity index (χ3n) is 18.4. The predicted molar refractivity (Wildman–Crippen MR) is 470 cm³/mol. The number of aromatic amines is 7. The summed E-state index contributed by atoms with van der Waals surface area (Å²) in [5.74, 6) is 5.07. The molecular formula is C79H117N31O11. The normalized spacial score (nSPS) is 11.6. The molecule has 0 spiro atoms. The van der Waals surface area contributed by atoms with Crippen LogP contribution in [-0.4, -0.2) is 184 Å². The Kier molecular flexibility index (Phi) is 31.1. The van der Waals surface area contributed by atoms with Crippen LogP contribution < -0.4 is 50.4 Å².